The summed E-state index contributed by atoms with van der Waals surface area (Å²) in [6.07, 6.45) is 1.65. The largest absolute Gasteiger partial charge is 0.444 e. The fourth-order valence-corrected chi connectivity index (χ4v) is 3.37. The third kappa shape index (κ3) is 3.73. The normalized spacial score (nSPS) is 17.3. The van der Waals surface area contributed by atoms with Crippen LogP contribution in [0.5, 0.6) is 0 Å². The first kappa shape index (κ1) is 15.3. The molecule has 0 aliphatic carbocycles. The fraction of sp³-hybridized carbons (Fsp3) is 0.667. The van der Waals surface area contributed by atoms with Gasteiger partial charge in [-0.2, -0.15) is 0 Å². The molecule has 1 aromatic rings. The second-order valence-corrected chi connectivity index (χ2v) is 7.20. The summed E-state index contributed by atoms with van der Waals surface area (Å²) in [7, 11) is 0. The molecule has 0 radical (unpaired) electrons. The molecule has 1 aliphatic rings. The summed E-state index contributed by atoms with van der Waals surface area (Å²) in [4.78, 5) is 14.8. The number of likely N-dealkylation sites (tertiary alicyclic amines) is 1. The lowest BCUT2D eigenvalue weighted by Crippen LogP contribution is -2.41. The van der Waals surface area contributed by atoms with Crippen molar-refractivity contribution in [3.05, 3.63) is 21.9 Å². The molecule has 20 heavy (non-hydrogen) atoms. The van der Waals surface area contributed by atoms with E-state index < -0.39 is 5.60 Å². The van der Waals surface area contributed by atoms with Gasteiger partial charge in [0.25, 0.3) is 0 Å². The Morgan fingerprint density at radius 2 is 2.10 bits per heavy atom. The zero-order chi connectivity index (χ0) is 14.8. The van der Waals surface area contributed by atoms with Gasteiger partial charge in [0.2, 0.25) is 0 Å². The van der Waals surface area contributed by atoms with Crippen LogP contribution >= 0.6 is 11.3 Å². The van der Waals surface area contributed by atoms with Crippen molar-refractivity contribution < 1.29 is 14.6 Å². The maximum absolute atomic E-state index is 12.0. The SMILES string of the molecule is CC(C)(C)OC(=O)N1CCC(c2ccsc2CO)CC1. The smallest absolute Gasteiger partial charge is 0.410 e. The highest BCUT2D eigenvalue weighted by Gasteiger charge is 2.28. The maximum Gasteiger partial charge on any atom is 0.410 e. The molecule has 112 valence electrons. The Labute approximate surface area is 124 Å². The summed E-state index contributed by atoms with van der Waals surface area (Å²) in [5.41, 5.74) is 0.812. The minimum absolute atomic E-state index is 0.110. The van der Waals surface area contributed by atoms with Gasteiger partial charge in [-0.15, -0.1) is 11.3 Å². The molecule has 1 aliphatic heterocycles. The lowest BCUT2D eigenvalue weighted by Gasteiger charge is -2.33. The van der Waals surface area contributed by atoms with Gasteiger partial charge in [-0.25, -0.2) is 4.79 Å². The molecule has 1 N–H and O–H groups in total. The highest BCUT2D eigenvalue weighted by Crippen LogP contribution is 2.33. The van der Waals surface area contributed by atoms with Crippen molar-refractivity contribution in [2.24, 2.45) is 0 Å². The van der Waals surface area contributed by atoms with Crippen LogP contribution < -0.4 is 0 Å². The van der Waals surface area contributed by atoms with Crippen LogP contribution in [0.2, 0.25) is 0 Å². The number of carbonyl (C=O) groups excluding carboxylic acids is 1. The number of hydrogen-bond acceptors (Lipinski definition) is 4. The predicted molar refractivity (Wildman–Crippen MR) is 80.0 cm³/mol. The third-order valence-corrected chi connectivity index (χ3v) is 4.43. The molecule has 1 fully saturated rings. The molecule has 1 amide bonds. The summed E-state index contributed by atoms with van der Waals surface area (Å²) in [6, 6.07) is 2.10. The Bertz CT molecular complexity index is 456. The summed E-state index contributed by atoms with van der Waals surface area (Å²) >= 11 is 1.60. The number of aliphatic hydroxyl groups is 1. The van der Waals surface area contributed by atoms with E-state index in [1.165, 1.54) is 5.56 Å². The number of piperidine rings is 1. The quantitative estimate of drug-likeness (QED) is 0.910. The van der Waals surface area contributed by atoms with E-state index in [4.69, 9.17) is 4.74 Å². The minimum atomic E-state index is -0.439. The molecule has 4 nitrogen and oxygen atoms in total. The first-order chi connectivity index (χ1) is 9.40. The molecule has 5 heteroatoms. The molecule has 0 atom stereocenters. The average molecular weight is 297 g/mol. The van der Waals surface area contributed by atoms with Crippen molar-refractivity contribution in [2.75, 3.05) is 13.1 Å². The van der Waals surface area contributed by atoms with Gasteiger partial charge < -0.3 is 14.7 Å². The lowest BCUT2D eigenvalue weighted by atomic mass is 9.90. The van der Waals surface area contributed by atoms with Crippen LogP contribution in [-0.2, 0) is 11.3 Å². The van der Waals surface area contributed by atoms with E-state index in [2.05, 4.69) is 6.07 Å². The number of rotatable bonds is 2. The van der Waals surface area contributed by atoms with Crippen LogP contribution in [0.1, 0.15) is 50.0 Å². The van der Waals surface area contributed by atoms with Gasteiger partial charge in [-0.1, -0.05) is 0 Å². The predicted octanol–water partition coefficient (Wildman–Crippen LogP) is 3.35. The van der Waals surface area contributed by atoms with E-state index in [1.54, 1.807) is 16.2 Å². The first-order valence-corrected chi connectivity index (χ1v) is 7.93. The molecule has 0 bridgehead atoms. The molecular weight excluding hydrogens is 274 g/mol. The van der Waals surface area contributed by atoms with E-state index in [0.29, 0.717) is 5.92 Å². The lowest BCUT2D eigenvalue weighted by molar-refractivity contribution is 0.0204. The van der Waals surface area contributed by atoms with Crippen molar-refractivity contribution in [1.82, 2.24) is 4.90 Å². The first-order valence-electron chi connectivity index (χ1n) is 7.06. The number of carbonyl (C=O) groups is 1. The zero-order valence-electron chi connectivity index (χ0n) is 12.4. The molecule has 1 aromatic heterocycles. The Balaban J connectivity index is 1.91. The average Bonchev–Trinajstić information content (AvgIpc) is 2.85. The molecule has 2 heterocycles. The van der Waals surface area contributed by atoms with Crippen LogP contribution in [0, 0.1) is 0 Å². The number of hydrogen-bond donors (Lipinski definition) is 1. The van der Waals surface area contributed by atoms with E-state index >= 15 is 0 Å². The minimum Gasteiger partial charge on any atom is -0.444 e. The third-order valence-electron chi connectivity index (χ3n) is 3.51. The Morgan fingerprint density at radius 1 is 1.45 bits per heavy atom. The van der Waals surface area contributed by atoms with Crippen molar-refractivity contribution in [3.63, 3.8) is 0 Å². The van der Waals surface area contributed by atoms with Crippen LogP contribution in [0.15, 0.2) is 11.4 Å². The molecular formula is C15H23NO3S. The number of aliphatic hydroxyl groups excluding tert-OH is 1. The Kier molecular flexibility index (Phi) is 4.70. The van der Waals surface area contributed by atoms with Gasteiger partial charge in [0.05, 0.1) is 6.61 Å². The van der Waals surface area contributed by atoms with Gasteiger partial charge in [0, 0.05) is 18.0 Å². The molecule has 0 spiro atoms. The van der Waals surface area contributed by atoms with Crippen molar-refractivity contribution in [1.29, 1.82) is 0 Å². The van der Waals surface area contributed by atoms with Crippen LogP contribution in [0.3, 0.4) is 0 Å². The van der Waals surface area contributed by atoms with Crippen molar-refractivity contribution in [3.8, 4) is 0 Å². The van der Waals surface area contributed by atoms with E-state index in [9.17, 15) is 9.90 Å². The summed E-state index contributed by atoms with van der Waals surface area (Å²) in [6.45, 7) is 7.21. The van der Waals surface area contributed by atoms with Gasteiger partial charge in [0.15, 0.2) is 0 Å². The maximum atomic E-state index is 12.0. The van der Waals surface area contributed by atoms with Crippen molar-refractivity contribution >= 4 is 17.4 Å². The molecule has 0 aromatic carbocycles. The highest BCUT2D eigenvalue weighted by molar-refractivity contribution is 7.10. The molecule has 0 saturated carbocycles. The van der Waals surface area contributed by atoms with Gasteiger partial charge in [-0.05, 0) is 56.5 Å². The van der Waals surface area contributed by atoms with E-state index in [0.717, 1.165) is 30.8 Å². The summed E-state index contributed by atoms with van der Waals surface area (Å²) in [5, 5.41) is 11.4. The second-order valence-electron chi connectivity index (χ2n) is 6.20. The number of thiophene rings is 1. The van der Waals surface area contributed by atoms with Gasteiger partial charge in [0.1, 0.15) is 5.60 Å². The summed E-state index contributed by atoms with van der Waals surface area (Å²) in [5.74, 6) is 0.446. The van der Waals surface area contributed by atoms with Crippen LogP contribution in [0.4, 0.5) is 4.79 Å². The van der Waals surface area contributed by atoms with Gasteiger partial charge >= 0.3 is 6.09 Å². The molecule has 1 saturated heterocycles. The van der Waals surface area contributed by atoms with Crippen molar-refractivity contribution in [2.45, 2.75) is 51.7 Å². The highest BCUT2D eigenvalue weighted by atomic mass is 32.1. The van der Waals surface area contributed by atoms with Gasteiger partial charge in [-0.3, -0.25) is 0 Å². The Hall–Kier alpha value is -1.07. The fourth-order valence-electron chi connectivity index (χ4n) is 2.54. The standard InChI is InChI=1S/C15H23NO3S/c1-15(2,3)19-14(18)16-7-4-11(5-8-16)12-6-9-20-13(12)10-17/h6,9,11,17H,4-5,7-8,10H2,1-3H3. The number of nitrogens with zero attached hydrogens (tertiary/aromatic N) is 1. The van der Waals surface area contributed by atoms with Crippen LogP contribution in [0.25, 0.3) is 0 Å². The number of ether oxygens (including phenoxy) is 1. The Morgan fingerprint density at radius 3 is 2.65 bits per heavy atom. The topological polar surface area (TPSA) is 49.8 Å². The van der Waals surface area contributed by atoms with Crippen LogP contribution in [-0.4, -0.2) is 34.8 Å². The zero-order valence-corrected chi connectivity index (χ0v) is 13.2. The number of amides is 1. The summed E-state index contributed by atoms with van der Waals surface area (Å²) < 4.78 is 5.40. The monoisotopic (exact) mass is 297 g/mol. The van der Waals surface area contributed by atoms with E-state index in [-0.39, 0.29) is 12.7 Å². The molecule has 0 unspecified atom stereocenters. The second kappa shape index (κ2) is 6.14. The molecule has 2 rings (SSSR count). The van der Waals surface area contributed by atoms with E-state index in [1.807, 2.05) is 26.2 Å².